The summed E-state index contributed by atoms with van der Waals surface area (Å²) in [5.41, 5.74) is -0.00946. The number of piperazine rings is 1. The van der Waals surface area contributed by atoms with Crippen molar-refractivity contribution >= 4 is 50.5 Å². The molecular weight excluding hydrogens is 467 g/mol. The van der Waals surface area contributed by atoms with Gasteiger partial charge < -0.3 is 10.2 Å². The standard InChI is InChI=1S/C19H20Cl2N4O5S/c1-13(19(26)22-16-7-6-14(20)12-15(16)21)23-8-10-24(11-9-23)31(29,30)18-5-3-2-4-17(18)25(27)28/h2-7,12-13H,8-11H2,1H3,(H,22,26)/p+1/t13-/m0/s1. The summed E-state index contributed by atoms with van der Waals surface area (Å²) in [7, 11) is -4.02. The molecule has 0 spiro atoms. The Morgan fingerprint density at radius 2 is 1.84 bits per heavy atom. The lowest BCUT2D eigenvalue weighted by atomic mass is 10.2. The van der Waals surface area contributed by atoms with Crippen LogP contribution in [-0.4, -0.2) is 55.8 Å². The maximum atomic E-state index is 12.9. The van der Waals surface area contributed by atoms with Crippen LogP contribution in [0, 0.1) is 10.1 Å². The van der Waals surface area contributed by atoms with E-state index in [1.165, 1.54) is 34.6 Å². The molecule has 2 aromatic rings. The minimum absolute atomic E-state index is 0.142. The number of rotatable bonds is 6. The van der Waals surface area contributed by atoms with Gasteiger partial charge >= 0.3 is 0 Å². The Morgan fingerprint density at radius 3 is 2.45 bits per heavy atom. The fourth-order valence-electron chi connectivity index (χ4n) is 3.43. The van der Waals surface area contributed by atoms with Crippen LogP contribution in [0.25, 0.3) is 0 Å². The molecule has 1 heterocycles. The number of amides is 1. The van der Waals surface area contributed by atoms with Gasteiger partial charge in [0.25, 0.3) is 11.6 Å². The Kier molecular flexibility index (Phi) is 7.17. The summed E-state index contributed by atoms with van der Waals surface area (Å²) in [5.74, 6) is -0.255. The lowest BCUT2D eigenvalue weighted by Crippen LogP contribution is -3.19. The Bertz CT molecular complexity index is 1100. The normalized spacial score (nSPS) is 16.6. The zero-order chi connectivity index (χ0) is 22.8. The summed E-state index contributed by atoms with van der Waals surface area (Å²) in [6.07, 6.45) is 0. The minimum atomic E-state index is -4.02. The molecule has 2 N–H and O–H groups in total. The number of hydrogen-bond acceptors (Lipinski definition) is 5. The number of anilines is 1. The number of nitrogens with one attached hydrogen (secondary N) is 2. The summed E-state index contributed by atoms with van der Waals surface area (Å²) < 4.78 is 27.1. The fraction of sp³-hybridized carbons (Fsp3) is 0.316. The molecule has 0 aliphatic carbocycles. The highest BCUT2D eigenvalue weighted by molar-refractivity contribution is 7.89. The number of benzene rings is 2. The van der Waals surface area contributed by atoms with E-state index in [1.54, 1.807) is 19.1 Å². The SMILES string of the molecule is C[C@@H](C(=O)Nc1ccc(Cl)cc1Cl)[NH+]1CCN(S(=O)(=O)c2ccccc2[N+](=O)[O-])CC1. The van der Waals surface area contributed by atoms with E-state index in [1.807, 2.05) is 0 Å². The highest BCUT2D eigenvalue weighted by atomic mass is 35.5. The van der Waals surface area contributed by atoms with Gasteiger partial charge in [-0.05, 0) is 31.2 Å². The van der Waals surface area contributed by atoms with Crippen molar-refractivity contribution in [3.05, 3.63) is 62.6 Å². The van der Waals surface area contributed by atoms with E-state index in [0.29, 0.717) is 28.8 Å². The molecule has 0 saturated carbocycles. The van der Waals surface area contributed by atoms with Crippen LogP contribution >= 0.6 is 23.2 Å². The van der Waals surface area contributed by atoms with E-state index in [-0.39, 0.29) is 23.9 Å². The monoisotopic (exact) mass is 487 g/mol. The first-order chi connectivity index (χ1) is 14.6. The van der Waals surface area contributed by atoms with Gasteiger partial charge in [0.15, 0.2) is 10.9 Å². The fourth-order valence-corrected chi connectivity index (χ4v) is 5.48. The number of nitro benzene ring substituents is 1. The second kappa shape index (κ2) is 9.49. The maximum absolute atomic E-state index is 12.9. The second-order valence-corrected chi connectivity index (χ2v) is 9.87. The lowest BCUT2D eigenvalue weighted by Gasteiger charge is -2.34. The van der Waals surface area contributed by atoms with E-state index in [4.69, 9.17) is 23.2 Å². The third-order valence-electron chi connectivity index (χ3n) is 5.24. The van der Waals surface area contributed by atoms with Crippen LogP contribution in [-0.2, 0) is 14.8 Å². The number of para-hydroxylation sites is 1. The number of hydrogen-bond donors (Lipinski definition) is 2. The predicted molar refractivity (Wildman–Crippen MR) is 117 cm³/mol. The second-order valence-electron chi connectivity index (χ2n) is 7.12. The molecule has 1 fully saturated rings. The molecule has 1 amide bonds. The summed E-state index contributed by atoms with van der Waals surface area (Å²) in [4.78, 5) is 23.7. The first kappa shape index (κ1) is 23.4. The molecule has 3 rings (SSSR count). The molecule has 1 saturated heterocycles. The quantitative estimate of drug-likeness (QED) is 0.476. The predicted octanol–water partition coefficient (Wildman–Crippen LogP) is 1.82. The Hall–Kier alpha value is -2.24. The van der Waals surface area contributed by atoms with E-state index in [0.717, 1.165) is 4.90 Å². The summed E-state index contributed by atoms with van der Waals surface area (Å²) in [6.45, 7) is 2.79. The average molecular weight is 488 g/mol. The van der Waals surface area contributed by atoms with Gasteiger partial charge in [0, 0.05) is 11.1 Å². The Labute approximate surface area is 189 Å². The van der Waals surface area contributed by atoms with E-state index < -0.39 is 26.7 Å². The third kappa shape index (κ3) is 5.16. The van der Waals surface area contributed by atoms with Gasteiger partial charge in [0.05, 0.1) is 41.8 Å². The van der Waals surface area contributed by atoms with E-state index >= 15 is 0 Å². The largest absolute Gasteiger partial charge is 0.323 e. The van der Waals surface area contributed by atoms with Crippen molar-refractivity contribution in [2.45, 2.75) is 17.9 Å². The van der Waals surface area contributed by atoms with Crippen LogP contribution in [0.5, 0.6) is 0 Å². The van der Waals surface area contributed by atoms with Crippen LogP contribution < -0.4 is 10.2 Å². The zero-order valence-corrected chi connectivity index (χ0v) is 18.9. The van der Waals surface area contributed by atoms with Gasteiger partial charge in [0.1, 0.15) is 0 Å². The lowest BCUT2D eigenvalue weighted by molar-refractivity contribution is -0.917. The Morgan fingerprint density at radius 1 is 1.19 bits per heavy atom. The first-order valence-electron chi connectivity index (χ1n) is 9.45. The van der Waals surface area contributed by atoms with E-state index in [2.05, 4.69) is 5.32 Å². The van der Waals surface area contributed by atoms with Crippen LogP contribution in [0.15, 0.2) is 47.4 Å². The molecule has 1 aliphatic rings. The number of carbonyl (C=O) groups is 1. The van der Waals surface area contributed by atoms with Crippen molar-refractivity contribution < 1.29 is 23.0 Å². The number of sulfonamides is 1. The number of quaternary nitrogens is 1. The maximum Gasteiger partial charge on any atom is 0.289 e. The number of halogens is 2. The molecule has 31 heavy (non-hydrogen) atoms. The molecule has 9 nitrogen and oxygen atoms in total. The summed E-state index contributed by atoms with van der Waals surface area (Å²) >= 11 is 12.0. The molecule has 0 radical (unpaired) electrons. The van der Waals surface area contributed by atoms with Crippen LogP contribution in [0.1, 0.15) is 6.92 Å². The van der Waals surface area contributed by atoms with Crippen molar-refractivity contribution in [3.8, 4) is 0 Å². The number of nitro groups is 1. The van der Waals surface area contributed by atoms with Crippen LogP contribution in [0.4, 0.5) is 11.4 Å². The number of carbonyl (C=O) groups excluding carboxylic acids is 1. The van der Waals surface area contributed by atoms with Gasteiger partial charge in [-0.3, -0.25) is 14.9 Å². The molecule has 2 aromatic carbocycles. The smallest absolute Gasteiger partial charge is 0.289 e. The van der Waals surface area contributed by atoms with E-state index in [9.17, 15) is 23.3 Å². The van der Waals surface area contributed by atoms with Gasteiger partial charge in [-0.15, -0.1) is 0 Å². The summed E-state index contributed by atoms with van der Waals surface area (Å²) in [5, 5.41) is 14.8. The minimum Gasteiger partial charge on any atom is -0.323 e. The topological polar surface area (TPSA) is 114 Å². The van der Waals surface area contributed by atoms with Crippen molar-refractivity contribution in [2.75, 3.05) is 31.5 Å². The molecule has 0 aromatic heterocycles. The molecule has 12 heteroatoms. The molecule has 1 atom stereocenters. The molecule has 1 aliphatic heterocycles. The summed E-state index contributed by atoms with van der Waals surface area (Å²) in [6, 6.07) is 9.59. The first-order valence-corrected chi connectivity index (χ1v) is 11.6. The highest BCUT2D eigenvalue weighted by Gasteiger charge is 2.37. The van der Waals surface area contributed by atoms with Crippen molar-refractivity contribution in [2.24, 2.45) is 0 Å². The van der Waals surface area contributed by atoms with Gasteiger partial charge in [-0.2, -0.15) is 4.31 Å². The Balaban J connectivity index is 1.66. The molecule has 0 unspecified atom stereocenters. The van der Waals surface area contributed by atoms with Gasteiger partial charge in [-0.25, -0.2) is 8.42 Å². The van der Waals surface area contributed by atoms with Crippen molar-refractivity contribution in [1.29, 1.82) is 0 Å². The van der Waals surface area contributed by atoms with Crippen molar-refractivity contribution in [1.82, 2.24) is 4.31 Å². The van der Waals surface area contributed by atoms with Crippen LogP contribution in [0.2, 0.25) is 10.0 Å². The molecule has 0 bridgehead atoms. The molecular formula is C19H21Cl2N4O5S+. The van der Waals surface area contributed by atoms with Crippen molar-refractivity contribution in [3.63, 3.8) is 0 Å². The third-order valence-corrected chi connectivity index (χ3v) is 7.73. The van der Waals surface area contributed by atoms with Gasteiger partial charge in [-0.1, -0.05) is 35.3 Å². The van der Waals surface area contributed by atoms with Crippen LogP contribution in [0.3, 0.4) is 0 Å². The number of nitrogens with zero attached hydrogens (tertiary/aromatic N) is 2. The zero-order valence-electron chi connectivity index (χ0n) is 16.5. The highest BCUT2D eigenvalue weighted by Crippen LogP contribution is 2.27. The molecule has 166 valence electrons. The van der Waals surface area contributed by atoms with Gasteiger partial charge in [0.2, 0.25) is 10.0 Å². The average Bonchev–Trinajstić information content (AvgIpc) is 2.75.